The van der Waals surface area contributed by atoms with Crippen LogP contribution < -0.4 is 5.32 Å². The number of aliphatic hydroxyl groups excluding tert-OH is 1. The van der Waals surface area contributed by atoms with Crippen molar-refractivity contribution in [2.75, 3.05) is 13.7 Å². The molecule has 0 saturated carbocycles. The van der Waals surface area contributed by atoms with Crippen LogP contribution in [0.3, 0.4) is 0 Å². The molecule has 0 aliphatic carbocycles. The molecule has 1 unspecified atom stereocenters. The lowest BCUT2D eigenvalue weighted by atomic mass is 9.98. The molecule has 1 rings (SSSR count). The summed E-state index contributed by atoms with van der Waals surface area (Å²) in [5, 5.41) is 15.5. The van der Waals surface area contributed by atoms with Crippen LogP contribution in [-0.2, 0) is 4.74 Å². The summed E-state index contributed by atoms with van der Waals surface area (Å²) in [6.07, 6.45) is -0.0859. The summed E-state index contributed by atoms with van der Waals surface area (Å²) in [4.78, 5) is 15.6. The first-order valence-electron chi connectivity index (χ1n) is 6.47. The van der Waals surface area contributed by atoms with Crippen molar-refractivity contribution in [1.29, 1.82) is 0 Å². The minimum absolute atomic E-state index is 0.213. The van der Waals surface area contributed by atoms with Gasteiger partial charge in [-0.15, -0.1) is 11.3 Å². The van der Waals surface area contributed by atoms with E-state index in [1.165, 1.54) is 11.3 Å². The summed E-state index contributed by atoms with van der Waals surface area (Å²) in [6, 6.07) is 0.213. The maximum atomic E-state index is 11.5. The Morgan fingerprint density at radius 1 is 1.58 bits per heavy atom. The van der Waals surface area contributed by atoms with Crippen LogP contribution in [0.1, 0.15) is 48.8 Å². The molecular formula is C13H22N2O3S. The molecule has 1 heterocycles. The predicted octanol–water partition coefficient (Wildman–Crippen LogP) is 1.99. The van der Waals surface area contributed by atoms with Gasteiger partial charge in [0.15, 0.2) is 5.69 Å². The molecule has 0 spiro atoms. The minimum atomic E-state index is -0.659. The Labute approximate surface area is 118 Å². The molecule has 6 heteroatoms. The fourth-order valence-electron chi connectivity index (χ4n) is 1.80. The largest absolute Gasteiger partial charge is 0.461 e. The lowest BCUT2D eigenvalue weighted by Crippen LogP contribution is -2.32. The summed E-state index contributed by atoms with van der Waals surface area (Å²) in [6.45, 7) is 6.27. The van der Waals surface area contributed by atoms with Crippen molar-refractivity contribution in [3.05, 3.63) is 16.1 Å². The van der Waals surface area contributed by atoms with Crippen LogP contribution >= 0.6 is 11.3 Å². The monoisotopic (exact) mass is 286 g/mol. The van der Waals surface area contributed by atoms with Crippen molar-refractivity contribution in [2.45, 2.75) is 39.3 Å². The minimum Gasteiger partial charge on any atom is -0.461 e. The molecule has 0 bridgehead atoms. The highest BCUT2D eigenvalue weighted by atomic mass is 32.1. The van der Waals surface area contributed by atoms with E-state index in [1.54, 1.807) is 12.3 Å². The van der Waals surface area contributed by atoms with Gasteiger partial charge in [0.25, 0.3) is 0 Å². The van der Waals surface area contributed by atoms with Gasteiger partial charge in [0, 0.05) is 11.4 Å². The van der Waals surface area contributed by atoms with Crippen LogP contribution in [0, 0.1) is 5.92 Å². The zero-order valence-electron chi connectivity index (χ0n) is 11.8. The molecular weight excluding hydrogens is 264 g/mol. The number of esters is 1. The van der Waals surface area contributed by atoms with Gasteiger partial charge in [0.2, 0.25) is 0 Å². The Balaban J connectivity index is 2.67. The molecule has 1 aromatic heterocycles. The number of hydrogen-bond acceptors (Lipinski definition) is 6. The second-order valence-corrected chi connectivity index (χ2v) is 5.57. The maximum Gasteiger partial charge on any atom is 0.357 e. The van der Waals surface area contributed by atoms with Crippen molar-refractivity contribution in [3.8, 4) is 0 Å². The van der Waals surface area contributed by atoms with E-state index in [-0.39, 0.29) is 11.7 Å². The summed E-state index contributed by atoms with van der Waals surface area (Å²) in [5.41, 5.74) is 0.270. The van der Waals surface area contributed by atoms with Gasteiger partial charge in [-0.2, -0.15) is 0 Å². The zero-order valence-corrected chi connectivity index (χ0v) is 12.7. The number of nitrogens with zero attached hydrogens (tertiary/aromatic N) is 1. The van der Waals surface area contributed by atoms with Crippen molar-refractivity contribution >= 4 is 17.3 Å². The van der Waals surface area contributed by atoms with E-state index in [0.29, 0.717) is 24.0 Å². The number of carbonyl (C=O) groups excluding carboxylic acids is 1. The number of rotatable bonds is 7. The van der Waals surface area contributed by atoms with Crippen LogP contribution in [0.2, 0.25) is 0 Å². The summed E-state index contributed by atoms with van der Waals surface area (Å²) < 4.78 is 4.87. The molecule has 0 aromatic carbocycles. The highest BCUT2D eigenvalue weighted by Crippen LogP contribution is 2.24. The van der Waals surface area contributed by atoms with E-state index in [4.69, 9.17) is 4.74 Å². The third kappa shape index (κ3) is 4.56. The molecule has 108 valence electrons. The predicted molar refractivity (Wildman–Crippen MR) is 75.3 cm³/mol. The molecule has 19 heavy (non-hydrogen) atoms. The van der Waals surface area contributed by atoms with Gasteiger partial charge in [-0.25, -0.2) is 9.78 Å². The summed E-state index contributed by atoms with van der Waals surface area (Å²) in [7, 11) is 1.88. The van der Waals surface area contributed by atoms with Gasteiger partial charge in [-0.1, -0.05) is 13.8 Å². The third-order valence-electron chi connectivity index (χ3n) is 2.94. The molecule has 0 aliphatic rings. The van der Waals surface area contributed by atoms with Crippen LogP contribution in [-0.4, -0.2) is 35.8 Å². The van der Waals surface area contributed by atoms with Gasteiger partial charge >= 0.3 is 5.97 Å². The quantitative estimate of drug-likeness (QED) is 0.750. The van der Waals surface area contributed by atoms with E-state index in [0.717, 1.165) is 0 Å². The van der Waals surface area contributed by atoms with Gasteiger partial charge < -0.3 is 15.2 Å². The molecule has 5 nitrogen and oxygen atoms in total. The normalized spacial score (nSPS) is 14.4. The number of carbonyl (C=O) groups is 1. The number of nitrogens with one attached hydrogen (secondary N) is 1. The van der Waals surface area contributed by atoms with E-state index >= 15 is 0 Å². The molecule has 1 aromatic rings. The lowest BCUT2D eigenvalue weighted by molar-refractivity contribution is 0.0519. The Kier molecular flexibility index (Phi) is 6.41. The number of hydrogen-bond donors (Lipinski definition) is 2. The highest BCUT2D eigenvalue weighted by molar-refractivity contribution is 7.09. The SMILES string of the molecule is CCOC(=O)c1csc([C@H](O)CC(NC)C(C)C)n1. The highest BCUT2D eigenvalue weighted by Gasteiger charge is 2.21. The average Bonchev–Trinajstić information content (AvgIpc) is 2.85. The van der Waals surface area contributed by atoms with Crippen molar-refractivity contribution in [3.63, 3.8) is 0 Å². The van der Waals surface area contributed by atoms with E-state index in [1.807, 2.05) is 7.05 Å². The molecule has 0 amide bonds. The number of aliphatic hydroxyl groups is 1. The molecule has 0 aliphatic heterocycles. The molecule has 2 N–H and O–H groups in total. The Bertz CT molecular complexity index is 406. The van der Waals surface area contributed by atoms with E-state index in [9.17, 15) is 9.90 Å². The van der Waals surface area contributed by atoms with Crippen molar-refractivity contribution < 1.29 is 14.6 Å². The zero-order chi connectivity index (χ0) is 14.4. The summed E-state index contributed by atoms with van der Waals surface area (Å²) in [5.74, 6) is -0.0182. The molecule has 0 fully saturated rings. The van der Waals surface area contributed by atoms with Gasteiger partial charge in [-0.05, 0) is 26.3 Å². The fraction of sp³-hybridized carbons (Fsp3) is 0.692. The van der Waals surface area contributed by atoms with E-state index in [2.05, 4.69) is 24.1 Å². The first-order valence-corrected chi connectivity index (χ1v) is 7.35. The van der Waals surface area contributed by atoms with Crippen molar-refractivity contribution in [2.24, 2.45) is 5.92 Å². The maximum absolute atomic E-state index is 11.5. The number of aromatic nitrogens is 1. The van der Waals surface area contributed by atoms with Crippen LogP contribution in [0.5, 0.6) is 0 Å². The fourth-order valence-corrected chi connectivity index (χ4v) is 2.59. The molecule has 2 atom stereocenters. The smallest absolute Gasteiger partial charge is 0.357 e. The topological polar surface area (TPSA) is 71.5 Å². The van der Waals surface area contributed by atoms with Gasteiger partial charge in [0.05, 0.1) is 6.61 Å². The van der Waals surface area contributed by atoms with Crippen LogP contribution in [0.25, 0.3) is 0 Å². The first-order chi connectivity index (χ1) is 8.99. The van der Waals surface area contributed by atoms with Gasteiger partial charge in [-0.3, -0.25) is 0 Å². The average molecular weight is 286 g/mol. The Hall–Kier alpha value is -0.980. The Morgan fingerprint density at radius 3 is 2.79 bits per heavy atom. The Morgan fingerprint density at radius 2 is 2.26 bits per heavy atom. The van der Waals surface area contributed by atoms with Crippen LogP contribution in [0.4, 0.5) is 0 Å². The molecule has 0 saturated heterocycles. The lowest BCUT2D eigenvalue weighted by Gasteiger charge is -2.22. The molecule has 0 radical (unpaired) electrons. The number of thiazole rings is 1. The second-order valence-electron chi connectivity index (χ2n) is 4.68. The first kappa shape index (κ1) is 16.1. The summed E-state index contributed by atoms with van der Waals surface area (Å²) >= 11 is 1.29. The second kappa shape index (κ2) is 7.57. The number of ether oxygens (including phenoxy) is 1. The third-order valence-corrected chi connectivity index (χ3v) is 3.89. The van der Waals surface area contributed by atoms with E-state index < -0.39 is 12.1 Å². The van der Waals surface area contributed by atoms with Crippen LogP contribution in [0.15, 0.2) is 5.38 Å². The van der Waals surface area contributed by atoms with Gasteiger partial charge in [0.1, 0.15) is 11.1 Å². The standard InChI is InChI=1S/C13H22N2O3S/c1-5-18-13(17)10-7-19-12(15-10)11(16)6-9(14-4)8(2)3/h7-9,11,14,16H,5-6H2,1-4H3/t9?,11-/m1/s1. The van der Waals surface area contributed by atoms with Crippen molar-refractivity contribution in [1.82, 2.24) is 10.3 Å².